The fourth-order valence-electron chi connectivity index (χ4n) is 1.54. The fraction of sp³-hybridized carbons (Fsp3) is 0.167. The SMILES string of the molecule is FC(F)Oc1c(Br)cc(Cl)cc1NCc1csc(Br)c1. The third-order valence-corrected chi connectivity index (χ3v) is 4.68. The Morgan fingerprint density at radius 3 is 2.65 bits per heavy atom. The first-order chi connectivity index (χ1) is 9.45. The van der Waals surface area contributed by atoms with E-state index in [-0.39, 0.29) is 5.75 Å². The van der Waals surface area contributed by atoms with Gasteiger partial charge in [-0.15, -0.1) is 11.3 Å². The predicted octanol–water partition coefficient (Wildman–Crippen LogP) is 6.14. The number of anilines is 1. The van der Waals surface area contributed by atoms with Crippen LogP contribution in [0.1, 0.15) is 5.56 Å². The van der Waals surface area contributed by atoms with Gasteiger partial charge in [-0.05, 0) is 61.0 Å². The molecule has 0 aliphatic heterocycles. The quantitative estimate of drug-likeness (QED) is 0.595. The topological polar surface area (TPSA) is 21.3 Å². The van der Waals surface area contributed by atoms with Crippen molar-refractivity contribution in [3.63, 3.8) is 0 Å². The van der Waals surface area contributed by atoms with Gasteiger partial charge in [0.05, 0.1) is 13.9 Å². The van der Waals surface area contributed by atoms with E-state index in [0.29, 0.717) is 21.7 Å². The van der Waals surface area contributed by atoms with Crippen LogP contribution in [-0.4, -0.2) is 6.61 Å². The van der Waals surface area contributed by atoms with Crippen LogP contribution in [0.2, 0.25) is 5.02 Å². The van der Waals surface area contributed by atoms with E-state index in [0.717, 1.165) is 9.35 Å². The van der Waals surface area contributed by atoms with Crippen molar-refractivity contribution in [2.75, 3.05) is 5.32 Å². The lowest BCUT2D eigenvalue weighted by Gasteiger charge is -2.14. The van der Waals surface area contributed by atoms with Crippen molar-refractivity contribution < 1.29 is 13.5 Å². The summed E-state index contributed by atoms with van der Waals surface area (Å²) in [6, 6.07) is 5.00. The number of nitrogens with one attached hydrogen (secondary N) is 1. The third-order valence-electron chi connectivity index (χ3n) is 2.32. The molecular weight excluding hydrogens is 439 g/mol. The van der Waals surface area contributed by atoms with Gasteiger partial charge in [0.1, 0.15) is 0 Å². The molecule has 0 saturated heterocycles. The summed E-state index contributed by atoms with van der Waals surface area (Å²) in [6.45, 7) is -2.42. The minimum absolute atomic E-state index is 0.0405. The molecule has 1 heterocycles. The maximum absolute atomic E-state index is 12.4. The number of halogens is 5. The summed E-state index contributed by atoms with van der Waals surface area (Å²) >= 11 is 14.0. The summed E-state index contributed by atoms with van der Waals surface area (Å²) in [5, 5.41) is 5.43. The smallest absolute Gasteiger partial charge is 0.387 e. The van der Waals surface area contributed by atoms with Gasteiger partial charge in [-0.2, -0.15) is 8.78 Å². The van der Waals surface area contributed by atoms with Crippen molar-refractivity contribution in [3.8, 4) is 5.75 Å². The van der Waals surface area contributed by atoms with Crippen molar-refractivity contribution in [1.82, 2.24) is 0 Å². The Hall–Kier alpha value is -0.370. The molecule has 0 amide bonds. The zero-order chi connectivity index (χ0) is 14.7. The zero-order valence-corrected chi connectivity index (χ0v) is 14.5. The average molecular weight is 448 g/mol. The third kappa shape index (κ3) is 4.31. The molecule has 2 rings (SSSR count). The molecule has 0 unspecified atom stereocenters. The molecule has 0 aliphatic carbocycles. The Kier molecular flexibility index (Phi) is 5.65. The molecule has 0 aliphatic rings. The molecule has 0 radical (unpaired) electrons. The summed E-state index contributed by atoms with van der Waals surface area (Å²) in [4.78, 5) is 0. The lowest BCUT2D eigenvalue weighted by atomic mass is 10.2. The first kappa shape index (κ1) is 16.0. The van der Waals surface area contributed by atoms with Crippen LogP contribution in [0.3, 0.4) is 0 Å². The van der Waals surface area contributed by atoms with Gasteiger partial charge in [-0.1, -0.05) is 11.6 Å². The maximum Gasteiger partial charge on any atom is 0.387 e. The highest BCUT2D eigenvalue weighted by atomic mass is 79.9. The lowest BCUT2D eigenvalue weighted by Crippen LogP contribution is -2.07. The molecule has 20 heavy (non-hydrogen) atoms. The standard InChI is InChI=1S/C12H8Br2ClF2NOS/c13-8-2-7(15)3-9(11(8)19-12(16)17)18-4-6-1-10(14)20-5-6/h1-3,5,12,18H,4H2. The van der Waals surface area contributed by atoms with Crippen LogP contribution in [0, 0.1) is 0 Å². The van der Waals surface area contributed by atoms with Crippen molar-refractivity contribution in [2.45, 2.75) is 13.2 Å². The molecular formula is C12H8Br2ClF2NOS. The lowest BCUT2D eigenvalue weighted by molar-refractivity contribution is -0.0498. The normalized spacial score (nSPS) is 10.9. The Morgan fingerprint density at radius 2 is 2.05 bits per heavy atom. The van der Waals surface area contributed by atoms with Crippen LogP contribution in [0.4, 0.5) is 14.5 Å². The van der Waals surface area contributed by atoms with Gasteiger partial charge in [0, 0.05) is 11.6 Å². The number of benzene rings is 1. The highest BCUT2D eigenvalue weighted by Crippen LogP contribution is 2.38. The van der Waals surface area contributed by atoms with Crippen LogP contribution in [-0.2, 0) is 6.54 Å². The van der Waals surface area contributed by atoms with E-state index in [1.807, 2.05) is 11.4 Å². The first-order valence-corrected chi connectivity index (χ1v) is 8.20. The fourth-order valence-corrected chi connectivity index (χ4v) is 3.65. The maximum atomic E-state index is 12.4. The van der Waals surface area contributed by atoms with E-state index in [4.69, 9.17) is 11.6 Å². The van der Waals surface area contributed by atoms with Crippen molar-refractivity contribution in [1.29, 1.82) is 0 Å². The molecule has 0 saturated carbocycles. The molecule has 8 heteroatoms. The largest absolute Gasteiger partial charge is 0.431 e. The summed E-state index contributed by atoms with van der Waals surface area (Å²) in [6.07, 6.45) is 0. The molecule has 1 aromatic carbocycles. The predicted molar refractivity (Wildman–Crippen MR) is 85.1 cm³/mol. The van der Waals surface area contributed by atoms with Crippen LogP contribution in [0.25, 0.3) is 0 Å². The van der Waals surface area contributed by atoms with Crippen molar-refractivity contribution >= 4 is 60.5 Å². The highest BCUT2D eigenvalue weighted by molar-refractivity contribution is 9.11. The van der Waals surface area contributed by atoms with Gasteiger partial charge < -0.3 is 10.1 Å². The van der Waals surface area contributed by atoms with Crippen molar-refractivity contribution in [3.05, 3.63) is 42.4 Å². The average Bonchev–Trinajstić information content (AvgIpc) is 2.76. The van der Waals surface area contributed by atoms with E-state index < -0.39 is 6.61 Å². The van der Waals surface area contributed by atoms with Gasteiger partial charge in [-0.25, -0.2) is 0 Å². The number of hydrogen-bond acceptors (Lipinski definition) is 3. The first-order valence-electron chi connectivity index (χ1n) is 5.36. The molecule has 1 N–H and O–H groups in total. The molecule has 108 valence electrons. The number of thiophene rings is 1. The van der Waals surface area contributed by atoms with E-state index in [2.05, 4.69) is 41.9 Å². The second kappa shape index (κ2) is 7.06. The van der Waals surface area contributed by atoms with E-state index in [1.165, 1.54) is 6.07 Å². The highest BCUT2D eigenvalue weighted by Gasteiger charge is 2.15. The van der Waals surface area contributed by atoms with Gasteiger partial charge in [0.25, 0.3) is 0 Å². The van der Waals surface area contributed by atoms with Crippen LogP contribution >= 0.6 is 54.8 Å². The number of ether oxygens (including phenoxy) is 1. The van der Waals surface area contributed by atoms with E-state index in [9.17, 15) is 8.78 Å². The van der Waals surface area contributed by atoms with Crippen LogP contribution < -0.4 is 10.1 Å². The molecule has 2 aromatic rings. The monoisotopic (exact) mass is 445 g/mol. The summed E-state index contributed by atoms with van der Waals surface area (Å²) in [7, 11) is 0. The second-order valence-electron chi connectivity index (χ2n) is 3.76. The zero-order valence-electron chi connectivity index (χ0n) is 9.80. The Morgan fingerprint density at radius 1 is 1.30 bits per heavy atom. The molecule has 0 fully saturated rings. The summed E-state index contributed by atoms with van der Waals surface area (Å²) < 4.78 is 30.8. The number of alkyl halides is 2. The van der Waals surface area contributed by atoms with Gasteiger partial charge in [0.2, 0.25) is 0 Å². The molecule has 1 aromatic heterocycles. The number of rotatable bonds is 5. The molecule has 0 spiro atoms. The molecule has 2 nitrogen and oxygen atoms in total. The van der Waals surface area contributed by atoms with Gasteiger partial charge >= 0.3 is 6.61 Å². The minimum atomic E-state index is -2.90. The minimum Gasteiger partial charge on any atom is -0.431 e. The number of hydrogen-bond donors (Lipinski definition) is 1. The van der Waals surface area contributed by atoms with Crippen LogP contribution in [0.5, 0.6) is 5.75 Å². The van der Waals surface area contributed by atoms with E-state index in [1.54, 1.807) is 17.4 Å². The Balaban J connectivity index is 2.20. The van der Waals surface area contributed by atoms with Gasteiger partial charge in [-0.3, -0.25) is 0 Å². The van der Waals surface area contributed by atoms with Crippen molar-refractivity contribution in [2.24, 2.45) is 0 Å². The molecule has 0 atom stereocenters. The van der Waals surface area contributed by atoms with E-state index >= 15 is 0 Å². The van der Waals surface area contributed by atoms with Gasteiger partial charge in [0.15, 0.2) is 5.75 Å². The second-order valence-corrected chi connectivity index (χ2v) is 7.34. The summed E-state index contributed by atoms with van der Waals surface area (Å²) in [5.41, 5.74) is 1.44. The summed E-state index contributed by atoms with van der Waals surface area (Å²) in [5.74, 6) is 0.0405. The Labute approximate surface area is 140 Å². The Bertz CT molecular complexity index is 609. The van der Waals surface area contributed by atoms with Crippen LogP contribution in [0.15, 0.2) is 31.8 Å². The molecule has 0 bridgehead atoms.